The molecule has 0 bridgehead atoms. The van der Waals surface area contributed by atoms with E-state index in [1.807, 2.05) is 16.0 Å². The summed E-state index contributed by atoms with van der Waals surface area (Å²) in [5.74, 6) is 2.69. The first-order valence-corrected chi connectivity index (χ1v) is 7.58. The first-order valence-electron chi connectivity index (χ1n) is 6.16. The Hall–Kier alpha value is -1.92. The molecule has 0 saturated heterocycles. The van der Waals surface area contributed by atoms with E-state index in [1.54, 1.807) is 32.4 Å². The molecule has 21 heavy (non-hydrogen) atoms. The van der Waals surface area contributed by atoms with Crippen molar-refractivity contribution in [1.82, 2.24) is 9.38 Å². The number of nitrogens with zero attached hydrogens (tertiary/aromatic N) is 2. The Morgan fingerprint density at radius 1 is 1.14 bits per heavy atom. The third-order valence-corrected chi connectivity index (χ3v) is 4.00. The highest BCUT2D eigenvalue weighted by molar-refractivity contribution is 7.15. The van der Waals surface area contributed by atoms with Gasteiger partial charge < -0.3 is 14.2 Å². The SMILES string of the molecule is COc1cc(OC)cc(Oc2nc3sccn3c2CCl)c1. The number of fused-ring (bicyclic) bond motifs is 1. The van der Waals surface area contributed by atoms with Gasteiger partial charge in [-0.3, -0.25) is 4.40 Å². The fourth-order valence-corrected chi connectivity index (χ4v) is 2.94. The van der Waals surface area contributed by atoms with Crippen LogP contribution < -0.4 is 14.2 Å². The van der Waals surface area contributed by atoms with Crippen molar-refractivity contribution in [3.63, 3.8) is 0 Å². The van der Waals surface area contributed by atoms with E-state index in [9.17, 15) is 0 Å². The highest BCUT2D eigenvalue weighted by Gasteiger charge is 2.15. The molecule has 3 rings (SSSR count). The maximum absolute atomic E-state index is 6.01. The summed E-state index contributed by atoms with van der Waals surface area (Å²) >= 11 is 7.53. The van der Waals surface area contributed by atoms with Crippen molar-refractivity contribution >= 4 is 27.9 Å². The number of benzene rings is 1. The van der Waals surface area contributed by atoms with Gasteiger partial charge in [0.15, 0.2) is 4.96 Å². The van der Waals surface area contributed by atoms with Crippen molar-refractivity contribution in [3.05, 3.63) is 35.5 Å². The minimum Gasteiger partial charge on any atom is -0.496 e. The number of halogens is 1. The molecule has 0 amide bonds. The lowest BCUT2D eigenvalue weighted by molar-refractivity contribution is 0.385. The third kappa shape index (κ3) is 2.64. The lowest BCUT2D eigenvalue weighted by atomic mass is 10.3. The smallest absolute Gasteiger partial charge is 0.243 e. The van der Waals surface area contributed by atoms with Gasteiger partial charge in [0.1, 0.15) is 22.9 Å². The summed E-state index contributed by atoms with van der Waals surface area (Å²) in [6.07, 6.45) is 1.92. The summed E-state index contributed by atoms with van der Waals surface area (Å²) in [7, 11) is 3.19. The van der Waals surface area contributed by atoms with Crippen LogP contribution >= 0.6 is 22.9 Å². The van der Waals surface area contributed by atoms with Crippen LogP contribution in [-0.2, 0) is 5.88 Å². The number of ether oxygens (including phenoxy) is 3. The second-order valence-electron chi connectivity index (χ2n) is 4.20. The van der Waals surface area contributed by atoms with Crippen LogP contribution in [0, 0.1) is 0 Å². The van der Waals surface area contributed by atoms with Crippen LogP contribution in [0.4, 0.5) is 0 Å². The fraction of sp³-hybridized carbons (Fsp3) is 0.214. The number of rotatable bonds is 5. The fourth-order valence-electron chi connectivity index (χ4n) is 1.97. The summed E-state index contributed by atoms with van der Waals surface area (Å²) in [4.78, 5) is 5.29. The van der Waals surface area contributed by atoms with Gasteiger partial charge in [-0.05, 0) is 0 Å². The van der Waals surface area contributed by atoms with Gasteiger partial charge in [-0.15, -0.1) is 22.9 Å². The van der Waals surface area contributed by atoms with E-state index in [2.05, 4.69) is 4.98 Å². The molecule has 0 saturated carbocycles. The number of methoxy groups -OCH3 is 2. The summed E-state index contributed by atoms with van der Waals surface area (Å²) in [6.45, 7) is 0. The zero-order valence-electron chi connectivity index (χ0n) is 11.5. The van der Waals surface area contributed by atoms with Crippen molar-refractivity contribution in [2.24, 2.45) is 0 Å². The Morgan fingerprint density at radius 3 is 2.43 bits per heavy atom. The Morgan fingerprint density at radius 2 is 1.81 bits per heavy atom. The molecule has 0 aliphatic heterocycles. The van der Waals surface area contributed by atoms with Gasteiger partial charge in [0.25, 0.3) is 0 Å². The number of hydrogen-bond donors (Lipinski definition) is 0. The second kappa shape index (κ2) is 5.83. The van der Waals surface area contributed by atoms with E-state index >= 15 is 0 Å². The average Bonchev–Trinajstić information content (AvgIpc) is 3.07. The molecule has 2 heterocycles. The molecule has 0 aliphatic rings. The molecule has 3 aromatic rings. The van der Waals surface area contributed by atoms with Gasteiger partial charge in [-0.1, -0.05) is 0 Å². The van der Waals surface area contributed by atoms with Crippen LogP contribution in [0.25, 0.3) is 4.96 Å². The normalized spacial score (nSPS) is 10.8. The van der Waals surface area contributed by atoms with Crippen LogP contribution in [0.2, 0.25) is 0 Å². The standard InChI is InChI=1S/C14H13ClN2O3S/c1-18-9-5-10(19-2)7-11(6-9)20-13-12(8-15)17-3-4-21-14(17)16-13/h3-7H,8H2,1-2H3. The van der Waals surface area contributed by atoms with Crippen molar-refractivity contribution in [2.75, 3.05) is 14.2 Å². The topological polar surface area (TPSA) is 45.0 Å². The lowest BCUT2D eigenvalue weighted by Crippen LogP contribution is -1.93. The van der Waals surface area contributed by atoms with Gasteiger partial charge in [0.2, 0.25) is 5.88 Å². The zero-order chi connectivity index (χ0) is 14.8. The molecule has 0 spiro atoms. The molecule has 5 nitrogen and oxygen atoms in total. The summed E-state index contributed by atoms with van der Waals surface area (Å²) in [6, 6.07) is 5.32. The number of thiazole rings is 1. The predicted octanol–water partition coefficient (Wildman–Crippen LogP) is 3.94. The summed E-state index contributed by atoms with van der Waals surface area (Å²) in [5, 5.41) is 1.96. The average molecular weight is 325 g/mol. The summed E-state index contributed by atoms with van der Waals surface area (Å²) < 4.78 is 18.2. The summed E-state index contributed by atoms with van der Waals surface area (Å²) in [5.41, 5.74) is 0.815. The van der Waals surface area contributed by atoms with Crippen molar-refractivity contribution in [2.45, 2.75) is 5.88 Å². The molecular formula is C14H13ClN2O3S. The molecule has 1 aromatic carbocycles. The van der Waals surface area contributed by atoms with Crippen molar-refractivity contribution in [3.8, 4) is 23.1 Å². The molecule has 0 unspecified atom stereocenters. The van der Waals surface area contributed by atoms with Gasteiger partial charge in [-0.2, -0.15) is 4.98 Å². The Balaban J connectivity index is 1.99. The van der Waals surface area contributed by atoms with Gasteiger partial charge in [0, 0.05) is 29.8 Å². The molecule has 0 atom stereocenters. The first kappa shape index (κ1) is 14.0. The van der Waals surface area contributed by atoms with Crippen molar-refractivity contribution < 1.29 is 14.2 Å². The molecule has 0 aliphatic carbocycles. The molecule has 110 valence electrons. The van der Waals surface area contributed by atoms with E-state index in [4.69, 9.17) is 25.8 Å². The first-order chi connectivity index (χ1) is 10.2. The highest BCUT2D eigenvalue weighted by atomic mass is 35.5. The van der Waals surface area contributed by atoms with E-state index in [1.165, 1.54) is 11.3 Å². The predicted molar refractivity (Wildman–Crippen MR) is 82.2 cm³/mol. The van der Waals surface area contributed by atoms with E-state index in [0.29, 0.717) is 29.0 Å². The molecular weight excluding hydrogens is 312 g/mol. The molecule has 2 aromatic heterocycles. The van der Waals surface area contributed by atoms with Crippen molar-refractivity contribution in [1.29, 1.82) is 0 Å². The molecule has 0 radical (unpaired) electrons. The monoisotopic (exact) mass is 324 g/mol. The maximum Gasteiger partial charge on any atom is 0.243 e. The van der Waals surface area contributed by atoms with E-state index in [-0.39, 0.29) is 0 Å². The molecule has 7 heteroatoms. The minimum atomic E-state index is 0.314. The largest absolute Gasteiger partial charge is 0.496 e. The van der Waals surface area contributed by atoms with Crippen LogP contribution in [0.15, 0.2) is 29.8 Å². The number of aromatic nitrogens is 2. The number of alkyl halides is 1. The Kier molecular flexibility index (Phi) is 3.90. The quantitative estimate of drug-likeness (QED) is 0.667. The van der Waals surface area contributed by atoms with Crippen LogP contribution in [-0.4, -0.2) is 23.6 Å². The minimum absolute atomic E-state index is 0.314. The maximum atomic E-state index is 6.01. The van der Waals surface area contributed by atoms with E-state index in [0.717, 1.165) is 10.7 Å². The Bertz CT molecular complexity index is 747. The third-order valence-electron chi connectivity index (χ3n) is 2.99. The van der Waals surface area contributed by atoms with Crippen LogP contribution in [0.5, 0.6) is 23.1 Å². The second-order valence-corrected chi connectivity index (χ2v) is 5.34. The molecule has 0 N–H and O–H groups in total. The van der Waals surface area contributed by atoms with Gasteiger partial charge in [-0.25, -0.2) is 0 Å². The highest BCUT2D eigenvalue weighted by Crippen LogP contribution is 2.33. The number of imidazole rings is 1. The lowest BCUT2D eigenvalue weighted by Gasteiger charge is -2.09. The Labute approximate surface area is 130 Å². The van der Waals surface area contributed by atoms with Crippen LogP contribution in [0.1, 0.15) is 5.69 Å². The number of hydrogen-bond acceptors (Lipinski definition) is 5. The zero-order valence-corrected chi connectivity index (χ0v) is 13.1. The van der Waals surface area contributed by atoms with Crippen LogP contribution in [0.3, 0.4) is 0 Å². The van der Waals surface area contributed by atoms with Gasteiger partial charge in [0.05, 0.1) is 20.1 Å². The molecule has 0 fully saturated rings. The van der Waals surface area contributed by atoms with Gasteiger partial charge >= 0.3 is 0 Å². The van der Waals surface area contributed by atoms with E-state index < -0.39 is 0 Å².